The van der Waals surface area contributed by atoms with Gasteiger partial charge in [0.25, 0.3) is 5.91 Å². The molecule has 0 saturated carbocycles. The molecule has 1 atom stereocenters. The van der Waals surface area contributed by atoms with E-state index in [0.717, 1.165) is 0 Å². The zero-order valence-electron chi connectivity index (χ0n) is 10.9. The van der Waals surface area contributed by atoms with Crippen molar-refractivity contribution < 1.29 is 19.0 Å². The van der Waals surface area contributed by atoms with E-state index in [1.54, 1.807) is 11.8 Å². The first kappa shape index (κ1) is 13.8. The average Bonchev–Trinajstić information content (AvgIpc) is 2.41. The number of benzene rings is 1. The van der Waals surface area contributed by atoms with Gasteiger partial charge in [0.2, 0.25) is 0 Å². The van der Waals surface area contributed by atoms with E-state index in [1.807, 2.05) is 0 Å². The SMILES string of the molecule is CC(Oc1ccc(F)cc1)C(=O)N1CCC(O)CC1. The van der Waals surface area contributed by atoms with E-state index in [-0.39, 0.29) is 17.8 Å². The van der Waals surface area contributed by atoms with Crippen LogP contribution in [0.2, 0.25) is 0 Å². The van der Waals surface area contributed by atoms with Crippen molar-refractivity contribution >= 4 is 5.91 Å². The zero-order valence-corrected chi connectivity index (χ0v) is 10.9. The normalized spacial score (nSPS) is 18.2. The van der Waals surface area contributed by atoms with Crippen molar-refractivity contribution in [1.82, 2.24) is 4.90 Å². The third-order valence-corrected chi connectivity index (χ3v) is 3.25. The number of aliphatic hydroxyl groups is 1. The summed E-state index contributed by atoms with van der Waals surface area (Å²) < 4.78 is 18.2. The Morgan fingerprint density at radius 2 is 1.95 bits per heavy atom. The molecule has 2 rings (SSSR count). The average molecular weight is 267 g/mol. The third-order valence-electron chi connectivity index (χ3n) is 3.25. The second-order valence-electron chi connectivity index (χ2n) is 4.77. The maximum Gasteiger partial charge on any atom is 0.263 e. The molecule has 1 aromatic rings. The van der Waals surface area contributed by atoms with Gasteiger partial charge in [0.05, 0.1) is 6.10 Å². The number of carbonyl (C=O) groups excluding carboxylic acids is 1. The number of hydrogen-bond donors (Lipinski definition) is 1. The maximum atomic E-state index is 12.8. The van der Waals surface area contributed by atoms with E-state index in [1.165, 1.54) is 24.3 Å². The lowest BCUT2D eigenvalue weighted by Crippen LogP contribution is -2.45. The van der Waals surface area contributed by atoms with Gasteiger partial charge in [0.15, 0.2) is 6.10 Å². The minimum absolute atomic E-state index is 0.101. The summed E-state index contributed by atoms with van der Waals surface area (Å²) in [6.45, 7) is 2.78. The van der Waals surface area contributed by atoms with E-state index >= 15 is 0 Å². The molecule has 1 unspecified atom stereocenters. The molecule has 1 fully saturated rings. The van der Waals surface area contributed by atoms with E-state index in [0.29, 0.717) is 31.7 Å². The Labute approximate surface area is 111 Å². The Morgan fingerprint density at radius 1 is 1.37 bits per heavy atom. The number of likely N-dealkylation sites (tertiary alicyclic amines) is 1. The van der Waals surface area contributed by atoms with Gasteiger partial charge in [0, 0.05) is 13.1 Å². The molecule has 0 spiro atoms. The van der Waals surface area contributed by atoms with Crippen molar-refractivity contribution in [2.75, 3.05) is 13.1 Å². The minimum atomic E-state index is -0.610. The van der Waals surface area contributed by atoms with Crippen LogP contribution in [0.3, 0.4) is 0 Å². The molecule has 1 aromatic carbocycles. The molecule has 0 aliphatic carbocycles. The largest absolute Gasteiger partial charge is 0.481 e. The van der Waals surface area contributed by atoms with Gasteiger partial charge in [0.1, 0.15) is 11.6 Å². The molecule has 0 bridgehead atoms. The van der Waals surface area contributed by atoms with Gasteiger partial charge in [-0.1, -0.05) is 0 Å². The van der Waals surface area contributed by atoms with Gasteiger partial charge in [-0.05, 0) is 44.0 Å². The zero-order chi connectivity index (χ0) is 13.8. The minimum Gasteiger partial charge on any atom is -0.481 e. The van der Waals surface area contributed by atoms with Gasteiger partial charge < -0.3 is 14.7 Å². The number of hydrogen-bond acceptors (Lipinski definition) is 3. The van der Waals surface area contributed by atoms with Gasteiger partial charge in [-0.15, -0.1) is 0 Å². The summed E-state index contributed by atoms with van der Waals surface area (Å²) in [5.74, 6) is 0.0341. The molecule has 1 amide bonds. The summed E-state index contributed by atoms with van der Waals surface area (Å²) in [6.07, 6.45) is 0.294. The van der Waals surface area contributed by atoms with Crippen LogP contribution in [-0.4, -0.2) is 41.2 Å². The van der Waals surface area contributed by atoms with Crippen molar-refractivity contribution in [3.05, 3.63) is 30.1 Å². The molecule has 1 heterocycles. The van der Waals surface area contributed by atoms with E-state index in [4.69, 9.17) is 4.74 Å². The quantitative estimate of drug-likeness (QED) is 0.904. The third kappa shape index (κ3) is 3.67. The molecule has 104 valence electrons. The summed E-state index contributed by atoms with van der Waals surface area (Å²) in [4.78, 5) is 13.8. The predicted molar refractivity (Wildman–Crippen MR) is 68.3 cm³/mol. The van der Waals surface area contributed by atoms with Crippen LogP contribution in [0.5, 0.6) is 5.75 Å². The fourth-order valence-corrected chi connectivity index (χ4v) is 2.11. The summed E-state index contributed by atoms with van der Waals surface area (Å²) in [5.41, 5.74) is 0. The molecule has 5 heteroatoms. The molecule has 1 N–H and O–H groups in total. The van der Waals surface area contributed by atoms with Gasteiger partial charge in [-0.3, -0.25) is 4.79 Å². The lowest BCUT2D eigenvalue weighted by Gasteiger charge is -2.31. The van der Waals surface area contributed by atoms with Crippen LogP contribution < -0.4 is 4.74 Å². The second kappa shape index (κ2) is 6.02. The van der Waals surface area contributed by atoms with Crippen LogP contribution in [0.4, 0.5) is 4.39 Å². The van der Waals surface area contributed by atoms with Crippen LogP contribution in [0, 0.1) is 5.82 Å². The molecule has 1 saturated heterocycles. The summed E-state index contributed by atoms with van der Waals surface area (Å²) in [6, 6.07) is 5.59. The maximum absolute atomic E-state index is 12.8. The number of nitrogens with zero attached hydrogens (tertiary/aromatic N) is 1. The van der Waals surface area contributed by atoms with Crippen molar-refractivity contribution in [1.29, 1.82) is 0 Å². The number of amides is 1. The fraction of sp³-hybridized carbons (Fsp3) is 0.500. The number of halogens is 1. The molecule has 19 heavy (non-hydrogen) atoms. The highest BCUT2D eigenvalue weighted by molar-refractivity contribution is 5.81. The van der Waals surface area contributed by atoms with Gasteiger partial charge in [-0.25, -0.2) is 4.39 Å². The first-order chi connectivity index (χ1) is 9.06. The number of ether oxygens (including phenoxy) is 1. The molecule has 0 aromatic heterocycles. The Morgan fingerprint density at radius 3 is 2.53 bits per heavy atom. The lowest BCUT2D eigenvalue weighted by molar-refractivity contribution is -0.139. The van der Waals surface area contributed by atoms with Crippen LogP contribution in [0.15, 0.2) is 24.3 Å². The lowest BCUT2D eigenvalue weighted by atomic mass is 10.1. The van der Waals surface area contributed by atoms with Crippen LogP contribution >= 0.6 is 0 Å². The number of piperidine rings is 1. The van der Waals surface area contributed by atoms with E-state index in [9.17, 15) is 14.3 Å². The fourth-order valence-electron chi connectivity index (χ4n) is 2.11. The molecule has 1 aliphatic heterocycles. The van der Waals surface area contributed by atoms with Crippen molar-refractivity contribution in [2.45, 2.75) is 32.0 Å². The van der Waals surface area contributed by atoms with E-state index in [2.05, 4.69) is 0 Å². The Kier molecular flexibility index (Phi) is 4.37. The number of rotatable bonds is 3. The monoisotopic (exact) mass is 267 g/mol. The number of aliphatic hydroxyl groups excluding tert-OH is 1. The second-order valence-corrected chi connectivity index (χ2v) is 4.77. The molecular weight excluding hydrogens is 249 g/mol. The van der Waals surface area contributed by atoms with Crippen LogP contribution in [0.1, 0.15) is 19.8 Å². The highest BCUT2D eigenvalue weighted by Gasteiger charge is 2.26. The Hall–Kier alpha value is -1.62. The Bertz CT molecular complexity index is 427. The molecule has 1 aliphatic rings. The highest BCUT2D eigenvalue weighted by Crippen LogP contribution is 2.16. The Balaban J connectivity index is 1.90. The predicted octanol–water partition coefficient (Wildman–Crippen LogP) is 1.58. The topological polar surface area (TPSA) is 49.8 Å². The first-order valence-electron chi connectivity index (χ1n) is 6.45. The molecule has 4 nitrogen and oxygen atoms in total. The van der Waals surface area contributed by atoms with Crippen molar-refractivity contribution in [3.8, 4) is 5.75 Å². The highest BCUT2D eigenvalue weighted by atomic mass is 19.1. The molecular formula is C14H18FNO3. The van der Waals surface area contributed by atoms with Gasteiger partial charge >= 0.3 is 0 Å². The smallest absolute Gasteiger partial charge is 0.263 e. The van der Waals surface area contributed by atoms with Crippen molar-refractivity contribution in [2.24, 2.45) is 0 Å². The van der Waals surface area contributed by atoms with Gasteiger partial charge in [-0.2, -0.15) is 0 Å². The summed E-state index contributed by atoms with van der Waals surface area (Å²) in [7, 11) is 0. The molecule has 0 radical (unpaired) electrons. The van der Waals surface area contributed by atoms with Crippen LogP contribution in [-0.2, 0) is 4.79 Å². The standard InChI is InChI=1S/C14H18FNO3/c1-10(19-13-4-2-11(15)3-5-13)14(18)16-8-6-12(17)7-9-16/h2-5,10,12,17H,6-9H2,1H3. The van der Waals surface area contributed by atoms with E-state index < -0.39 is 6.10 Å². The first-order valence-corrected chi connectivity index (χ1v) is 6.45. The van der Waals surface area contributed by atoms with Crippen molar-refractivity contribution in [3.63, 3.8) is 0 Å². The summed E-state index contributed by atoms with van der Waals surface area (Å²) >= 11 is 0. The van der Waals surface area contributed by atoms with Crippen LogP contribution in [0.25, 0.3) is 0 Å². The number of carbonyl (C=O) groups is 1. The summed E-state index contributed by atoms with van der Waals surface area (Å²) in [5, 5.41) is 9.40.